The number of rotatable bonds is 1. The average Bonchev–Trinajstić information content (AvgIpc) is 2.53. The van der Waals surface area contributed by atoms with Crippen LogP contribution in [0.1, 0.15) is 40.3 Å². The Kier molecular flexibility index (Phi) is 2.32. The molecule has 0 amide bonds. The summed E-state index contributed by atoms with van der Waals surface area (Å²) in [6.45, 7) is 1.82. The Labute approximate surface area is 83.0 Å². The van der Waals surface area contributed by atoms with Crippen LogP contribution in [0.5, 0.6) is 0 Å². The second-order valence-electron chi connectivity index (χ2n) is 3.63. The van der Waals surface area contributed by atoms with Gasteiger partial charge in [0.1, 0.15) is 17.1 Å². The number of hydrogen-bond acceptors (Lipinski definition) is 3. The molecule has 1 aromatic rings. The average molecular weight is 194 g/mol. The maximum absolute atomic E-state index is 11.5. The molecule has 0 atom stereocenters. The van der Waals surface area contributed by atoms with E-state index in [0.717, 1.165) is 37.0 Å². The first kappa shape index (κ1) is 9.31. The summed E-state index contributed by atoms with van der Waals surface area (Å²) in [6, 6.07) is 0. The van der Waals surface area contributed by atoms with E-state index in [1.807, 2.05) is 6.92 Å². The van der Waals surface area contributed by atoms with Gasteiger partial charge in [-0.1, -0.05) is 0 Å². The molecule has 0 saturated heterocycles. The van der Waals surface area contributed by atoms with Crippen molar-refractivity contribution in [1.29, 1.82) is 0 Å². The second kappa shape index (κ2) is 3.48. The van der Waals surface area contributed by atoms with E-state index in [1.165, 1.54) is 7.11 Å². The summed E-state index contributed by atoms with van der Waals surface area (Å²) in [5, 5.41) is 0. The van der Waals surface area contributed by atoms with Crippen LogP contribution in [0.25, 0.3) is 0 Å². The summed E-state index contributed by atoms with van der Waals surface area (Å²) in [4.78, 5) is 11.5. The van der Waals surface area contributed by atoms with E-state index in [-0.39, 0.29) is 5.97 Å². The molecule has 3 nitrogen and oxygen atoms in total. The molecule has 0 aromatic carbocycles. The van der Waals surface area contributed by atoms with Crippen molar-refractivity contribution in [3.8, 4) is 0 Å². The van der Waals surface area contributed by atoms with Crippen molar-refractivity contribution in [2.24, 2.45) is 0 Å². The van der Waals surface area contributed by atoms with Crippen LogP contribution in [0.2, 0.25) is 0 Å². The van der Waals surface area contributed by atoms with Crippen LogP contribution in [-0.2, 0) is 17.6 Å². The Bertz CT molecular complexity index is 363. The van der Waals surface area contributed by atoms with Gasteiger partial charge in [-0.3, -0.25) is 0 Å². The monoisotopic (exact) mass is 194 g/mol. The quantitative estimate of drug-likeness (QED) is 0.644. The lowest BCUT2D eigenvalue weighted by Crippen LogP contribution is -2.08. The summed E-state index contributed by atoms with van der Waals surface area (Å²) in [5.41, 5.74) is 1.72. The Morgan fingerprint density at radius 2 is 2.07 bits per heavy atom. The predicted molar refractivity (Wildman–Crippen MR) is 51.4 cm³/mol. The molecule has 1 aromatic heterocycles. The van der Waals surface area contributed by atoms with Crippen molar-refractivity contribution in [3.63, 3.8) is 0 Å². The van der Waals surface area contributed by atoms with Gasteiger partial charge < -0.3 is 9.15 Å². The molecule has 0 N–H and O–H groups in total. The third kappa shape index (κ3) is 1.33. The summed E-state index contributed by atoms with van der Waals surface area (Å²) in [7, 11) is 1.41. The van der Waals surface area contributed by atoms with E-state index in [1.54, 1.807) is 0 Å². The van der Waals surface area contributed by atoms with Crippen molar-refractivity contribution in [2.75, 3.05) is 7.11 Å². The Morgan fingerprint density at radius 3 is 2.79 bits per heavy atom. The van der Waals surface area contributed by atoms with Gasteiger partial charge in [-0.25, -0.2) is 4.79 Å². The fourth-order valence-corrected chi connectivity index (χ4v) is 2.07. The fourth-order valence-electron chi connectivity index (χ4n) is 2.07. The molecule has 14 heavy (non-hydrogen) atoms. The van der Waals surface area contributed by atoms with Gasteiger partial charge in [0.05, 0.1) is 7.11 Å². The molecule has 76 valence electrons. The first-order chi connectivity index (χ1) is 6.74. The number of carbonyl (C=O) groups excluding carboxylic acids is 1. The van der Waals surface area contributed by atoms with Crippen LogP contribution in [0.4, 0.5) is 0 Å². The molecule has 1 aliphatic rings. The smallest absolute Gasteiger partial charge is 0.341 e. The highest BCUT2D eigenvalue weighted by Gasteiger charge is 2.25. The Hall–Kier alpha value is -1.25. The van der Waals surface area contributed by atoms with E-state index in [0.29, 0.717) is 11.3 Å². The molecule has 1 aliphatic carbocycles. The standard InChI is InChI=1S/C11H14O3/c1-7-10(11(12)13-2)8-5-3-4-6-9(8)14-7/h3-6H2,1-2H3. The number of fused-ring (bicyclic) bond motifs is 1. The SMILES string of the molecule is COC(=O)c1c(C)oc2c1CCCC2. The molecule has 0 bridgehead atoms. The zero-order valence-electron chi connectivity index (χ0n) is 8.55. The summed E-state index contributed by atoms with van der Waals surface area (Å²) in [6.07, 6.45) is 4.18. The topological polar surface area (TPSA) is 39.4 Å². The lowest BCUT2D eigenvalue weighted by molar-refractivity contribution is 0.0597. The minimum absolute atomic E-state index is 0.269. The molecule has 0 spiro atoms. The number of carbonyl (C=O) groups is 1. The number of methoxy groups -OCH3 is 1. The van der Waals surface area contributed by atoms with Gasteiger partial charge in [0, 0.05) is 12.0 Å². The van der Waals surface area contributed by atoms with Crippen LogP contribution < -0.4 is 0 Å². The number of furan rings is 1. The largest absolute Gasteiger partial charge is 0.465 e. The molecule has 2 rings (SSSR count). The van der Waals surface area contributed by atoms with Gasteiger partial charge in [-0.2, -0.15) is 0 Å². The van der Waals surface area contributed by atoms with Gasteiger partial charge in [-0.15, -0.1) is 0 Å². The predicted octanol–water partition coefficient (Wildman–Crippen LogP) is 2.25. The van der Waals surface area contributed by atoms with E-state index in [9.17, 15) is 4.79 Å². The third-order valence-electron chi connectivity index (χ3n) is 2.74. The molecule has 1 heterocycles. The number of esters is 1. The second-order valence-corrected chi connectivity index (χ2v) is 3.63. The molecule has 0 radical (unpaired) electrons. The molecule has 3 heteroatoms. The van der Waals surface area contributed by atoms with Crippen molar-refractivity contribution in [2.45, 2.75) is 32.6 Å². The summed E-state index contributed by atoms with van der Waals surface area (Å²) in [5.74, 6) is 1.41. The molecule has 0 fully saturated rings. The Morgan fingerprint density at radius 1 is 1.36 bits per heavy atom. The first-order valence-electron chi connectivity index (χ1n) is 4.93. The minimum atomic E-state index is -0.269. The third-order valence-corrected chi connectivity index (χ3v) is 2.74. The van der Waals surface area contributed by atoms with Crippen molar-refractivity contribution >= 4 is 5.97 Å². The zero-order valence-corrected chi connectivity index (χ0v) is 8.55. The lowest BCUT2D eigenvalue weighted by atomic mass is 9.95. The molecule has 0 saturated carbocycles. The number of hydrogen-bond donors (Lipinski definition) is 0. The maximum Gasteiger partial charge on any atom is 0.341 e. The van der Waals surface area contributed by atoms with Crippen LogP contribution >= 0.6 is 0 Å². The maximum atomic E-state index is 11.5. The highest BCUT2D eigenvalue weighted by molar-refractivity contribution is 5.92. The molecular formula is C11H14O3. The van der Waals surface area contributed by atoms with E-state index < -0.39 is 0 Å². The first-order valence-corrected chi connectivity index (χ1v) is 4.93. The van der Waals surface area contributed by atoms with Gasteiger partial charge in [-0.05, 0) is 26.2 Å². The van der Waals surface area contributed by atoms with E-state index in [2.05, 4.69) is 0 Å². The normalized spacial score (nSPS) is 15.0. The van der Waals surface area contributed by atoms with Crippen LogP contribution in [-0.4, -0.2) is 13.1 Å². The van der Waals surface area contributed by atoms with Gasteiger partial charge in [0.2, 0.25) is 0 Å². The van der Waals surface area contributed by atoms with Crippen molar-refractivity contribution in [3.05, 3.63) is 22.6 Å². The highest BCUT2D eigenvalue weighted by Crippen LogP contribution is 2.29. The summed E-state index contributed by atoms with van der Waals surface area (Å²) >= 11 is 0. The molecule has 0 aliphatic heterocycles. The van der Waals surface area contributed by atoms with Crippen LogP contribution in [0.3, 0.4) is 0 Å². The van der Waals surface area contributed by atoms with Crippen molar-refractivity contribution < 1.29 is 13.9 Å². The Balaban J connectivity index is 2.47. The van der Waals surface area contributed by atoms with Gasteiger partial charge in [0.15, 0.2) is 0 Å². The number of ether oxygens (including phenoxy) is 1. The zero-order chi connectivity index (χ0) is 10.1. The van der Waals surface area contributed by atoms with Gasteiger partial charge in [0.25, 0.3) is 0 Å². The van der Waals surface area contributed by atoms with Crippen LogP contribution in [0, 0.1) is 6.92 Å². The van der Waals surface area contributed by atoms with Crippen LogP contribution in [0.15, 0.2) is 4.42 Å². The minimum Gasteiger partial charge on any atom is -0.465 e. The fraction of sp³-hybridized carbons (Fsp3) is 0.545. The number of aryl methyl sites for hydroxylation is 2. The van der Waals surface area contributed by atoms with E-state index >= 15 is 0 Å². The lowest BCUT2D eigenvalue weighted by Gasteiger charge is -2.09. The van der Waals surface area contributed by atoms with E-state index in [4.69, 9.17) is 9.15 Å². The molecule has 0 unspecified atom stereocenters. The molecular weight excluding hydrogens is 180 g/mol. The van der Waals surface area contributed by atoms with Gasteiger partial charge >= 0.3 is 5.97 Å². The van der Waals surface area contributed by atoms with Crippen molar-refractivity contribution in [1.82, 2.24) is 0 Å². The highest BCUT2D eigenvalue weighted by atomic mass is 16.5. The summed E-state index contributed by atoms with van der Waals surface area (Å²) < 4.78 is 10.3.